The Kier molecular flexibility index (Phi) is 3.80. The van der Waals surface area contributed by atoms with E-state index in [9.17, 15) is 13.6 Å². The summed E-state index contributed by atoms with van der Waals surface area (Å²) in [6.45, 7) is 0.530. The fourth-order valence-electron chi connectivity index (χ4n) is 2.82. The van der Waals surface area contributed by atoms with E-state index in [-0.39, 0.29) is 19.2 Å². The van der Waals surface area contributed by atoms with Crippen molar-refractivity contribution in [2.75, 3.05) is 13.1 Å². The van der Waals surface area contributed by atoms with Crippen LogP contribution in [-0.4, -0.2) is 35.0 Å². The predicted molar refractivity (Wildman–Crippen MR) is 88.4 cm³/mol. The summed E-state index contributed by atoms with van der Waals surface area (Å²) in [7, 11) is 0. The first kappa shape index (κ1) is 15.5. The van der Waals surface area contributed by atoms with Gasteiger partial charge in [-0.15, -0.1) is 0 Å². The maximum absolute atomic E-state index is 13.7. The summed E-state index contributed by atoms with van der Waals surface area (Å²) >= 11 is 0. The quantitative estimate of drug-likeness (QED) is 0.734. The van der Waals surface area contributed by atoms with E-state index >= 15 is 0 Å². The molecule has 1 aliphatic heterocycles. The van der Waals surface area contributed by atoms with Crippen LogP contribution in [0.15, 0.2) is 54.6 Å². The molecule has 1 fully saturated rings. The summed E-state index contributed by atoms with van der Waals surface area (Å²) in [6, 6.07) is 14.7. The predicted octanol–water partition coefficient (Wildman–Crippen LogP) is 3.42. The molecule has 1 aromatic heterocycles. The molecule has 0 unspecified atom stereocenters. The van der Waals surface area contributed by atoms with Crippen LogP contribution in [0.5, 0.6) is 5.88 Å². The molecule has 126 valence electrons. The molecular formula is C19H14F2N2O2. The van der Waals surface area contributed by atoms with E-state index in [1.807, 2.05) is 30.3 Å². The molecule has 0 bridgehead atoms. The fourth-order valence-corrected chi connectivity index (χ4v) is 2.82. The second-order valence-electron chi connectivity index (χ2n) is 5.89. The summed E-state index contributed by atoms with van der Waals surface area (Å²) < 4.78 is 33.1. The number of hydrogen-bond donors (Lipinski definition) is 0. The molecule has 0 spiro atoms. The second-order valence-corrected chi connectivity index (χ2v) is 5.89. The van der Waals surface area contributed by atoms with Gasteiger partial charge in [0, 0.05) is 11.5 Å². The molecule has 0 atom stereocenters. The van der Waals surface area contributed by atoms with Crippen LogP contribution < -0.4 is 4.74 Å². The highest BCUT2D eigenvalue weighted by Gasteiger charge is 2.35. The highest BCUT2D eigenvalue weighted by Crippen LogP contribution is 2.23. The van der Waals surface area contributed by atoms with Crippen molar-refractivity contribution in [1.82, 2.24) is 9.88 Å². The average molecular weight is 340 g/mol. The number of pyridine rings is 1. The number of carbonyl (C=O) groups excluding carboxylic acids is 1. The van der Waals surface area contributed by atoms with Gasteiger partial charge in [-0.3, -0.25) is 4.79 Å². The zero-order valence-corrected chi connectivity index (χ0v) is 13.2. The lowest BCUT2D eigenvalue weighted by atomic mass is 10.1. The van der Waals surface area contributed by atoms with E-state index in [0.717, 1.165) is 23.0 Å². The zero-order valence-electron chi connectivity index (χ0n) is 13.2. The SMILES string of the molecule is O=C(c1c(F)cccc1F)N1CC(Oc2ccc3ccccc3n2)C1. The van der Waals surface area contributed by atoms with E-state index in [2.05, 4.69) is 4.98 Å². The number of rotatable bonds is 3. The fraction of sp³-hybridized carbons (Fsp3) is 0.158. The number of fused-ring (bicyclic) bond motifs is 1. The molecule has 0 N–H and O–H groups in total. The standard InChI is InChI=1S/C19H14F2N2O2/c20-14-5-3-6-15(21)18(14)19(24)23-10-13(11-23)25-17-9-8-12-4-1-2-7-16(12)22-17/h1-9,13H,10-11H2. The van der Waals surface area contributed by atoms with Gasteiger partial charge in [-0.05, 0) is 24.3 Å². The summed E-state index contributed by atoms with van der Waals surface area (Å²) in [5.74, 6) is -1.91. The molecule has 4 rings (SSSR count). The van der Waals surface area contributed by atoms with Crippen LogP contribution in [0, 0.1) is 11.6 Å². The van der Waals surface area contributed by atoms with Crippen LogP contribution in [-0.2, 0) is 0 Å². The van der Waals surface area contributed by atoms with Gasteiger partial charge in [0.05, 0.1) is 18.6 Å². The largest absolute Gasteiger partial charge is 0.471 e. The molecule has 6 heteroatoms. The molecular weight excluding hydrogens is 326 g/mol. The van der Waals surface area contributed by atoms with Gasteiger partial charge < -0.3 is 9.64 Å². The number of carbonyl (C=O) groups is 1. The number of likely N-dealkylation sites (tertiary alicyclic amines) is 1. The number of nitrogens with zero attached hydrogens (tertiary/aromatic N) is 2. The minimum absolute atomic E-state index is 0.243. The van der Waals surface area contributed by atoms with Crippen LogP contribution in [0.3, 0.4) is 0 Å². The molecule has 2 heterocycles. The average Bonchev–Trinajstić information content (AvgIpc) is 2.57. The van der Waals surface area contributed by atoms with Crippen LogP contribution >= 0.6 is 0 Å². The lowest BCUT2D eigenvalue weighted by Crippen LogP contribution is -2.56. The Morgan fingerprint density at radius 3 is 2.48 bits per heavy atom. The van der Waals surface area contributed by atoms with Crippen LogP contribution in [0.25, 0.3) is 10.9 Å². The highest BCUT2D eigenvalue weighted by atomic mass is 19.1. The number of hydrogen-bond acceptors (Lipinski definition) is 3. The van der Waals surface area contributed by atoms with Gasteiger partial charge in [-0.2, -0.15) is 0 Å². The Morgan fingerprint density at radius 1 is 1.00 bits per heavy atom. The number of amides is 1. The van der Waals surface area contributed by atoms with Crippen molar-refractivity contribution in [2.24, 2.45) is 0 Å². The van der Waals surface area contributed by atoms with E-state index in [1.54, 1.807) is 6.07 Å². The number of aromatic nitrogens is 1. The van der Waals surface area contributed by atoms with E-state index in [0.29, 0.717) is 5.88 Å². The van der Waals surface area contributed by atoms with Crippen molar-refractivity contribution in [3.63, 3.8) is 0 Å². The molecule has 0 saturated carbocycles. The third-order valence-corrected chi connectivity index (χ3v) is 4.17. The molecule has 4 nitrogen and oxygen atoms in total. The summed E-state index contributed by atoms with van der Waals surface area (Å²) in [5.41, 5.74) is 0.297. The van der Waals surface area contributed by atoms with Crippen molar-refractivity contribution >= 4 is 16.8 Å². The van der Waals surface area contributed by atoms with Gasteiger partial charge in [0.2, 0.25) is 5.88 Å². The van der Waals surface area contributed by atoms with E-state index in [1.165, 1.54) is 11.0 Å². The van der Waals surface area contributed by atoms with Crippen LogP contribution in [0.4, 0.5) is 8.78 Å². The molecule has 3 aromatic rings. The molecule has 1 amide bonds. The summed E-state index contributed by atoms with van der Waals surface area (Å²) in [5, 5.41) is 1.01. The van der Waals surface area contributed by atoms with Crippen LogP contribution in [0.2, 0.25) is 0 Å². The molecule has 2 aromatic carbocycles. The Morgan fingerprint density at radius 2 is 1.72 bits per heavy atom. The van der Waals surface area contributed by atoms with Crippen molar-refractivity contribution in [3.8, 4) is 5.88 Å². The van der Waals surface area contributed by atoms with Gasteiger partial charge in [0.1, 0.15) is 23.3 Å². The molecule has 1 saturated heterocycles. The minimum Gasteiger partial charge on any atom is -0.471 e. The van der Waals surface area contributed by atoms with Crippen LogP contribution in [0.1, 0.15) is 10.4 Å². The van der Waals surface area contributed by atoms with Gasteiger partial charge >= 0.3 is 0 Å². The lowest BCUT2D eigenvalue weighted by molar-refractivity contribution is 0.0154. The number of para-hydroxylation sites is 1. The Labute approximate surface area is 142 Å². The molecule has 25 heavy (non-hydrogen) atoms. The number of halogens is 2. The first-order valence-corrected chi connectivity index (χ1v) is 7.87. The maximum Gasteiger partial charge on any atom is 0.260 e. The van der Waals surface area contributed by atoms with Crippen molar-refractivity contribution in [1.29, 1.82) is 0 Å². The van der Waals surface area contributed by atoms with E-state index < -0.39 is 23.1 Å². The third kappa shape index (κ3) is 2.91. The first-order valence-electron chi connectivity index (χ1n) is 7.87. The van der Waals surface area contributed by atoms with Gasteiger partial charge in [-0.1, -0.05) is 24.3 Å². The Bertz CT molecular complexity index is 935. The number of ether oxygens (including phenoxy) is 1. The Balaban J connectivity index is 1.42. The molecule has 1 aliphatic rings. The first-order chi connectivity index (χ1) is 12.1. The monoisotopic (exact) mass is 340 g/mol. The smallest absolute Gasteiger partial charge is 0.260 e. The van der Waals surface area contributed by atoms with Crippen molar-refractivity contribution in [2.45, 2.75) is 6.10 Å². The number of benzene rings is 2. The zero-order chi connectivity index (χ0) is 17.4. The molecule has 0 aliphatic carbocycles. The normalized spacial score (nSPS) is 14.4. The summed E-state index contributed by atoms with van der Waals surface area (Å²) in [6.07, 6.45) is -0.243. The topological polar surface area (TPSA) is 42.4 Å². The summed E-state index contributed by atoms with van der Waals surface area (Å²) in [4.78, 5) is 18.0. The maximum atomic E-state index is 13.7. The molecule has 0 radical (unpaired) electrons. The van der Waals surface area contributed by atoms with Crippen molar-refractivity contribution in [3.05, 3.63) is 71.8 Å². The highest BCUT2D eigenvalue weighted by molar-refractivity contribution is 5.95. The van der Waals surface area contributed by atoms with Crippen molar-refractivity contribution < 1.29 is 18.3 Å². The third-order valence-electron chi connectivity index (χ3n) is 4.17. The van der Waals surface area contributed by atoms with Gasteiger partial charge in [0.25, 0.3) is 5.91 Å². The lowest BCUT2D eigenvalue weighted by Gasteiger charge is -2.38. The van der Waals surface area contributed by atoms with Gasteiger partial charge in [0.15, 0.2) is 0 Å². The van der Waals surface area contributed by atoms with Gasteiger partial charge in [-0.25, -0.2) is 13.8 Å². The Hall–Kier alpha value is -3.02. The second kappa shape index (κ2) is 6.12. The minimum atomic E-state index is -0.856. The van der Waals surface area contributed by atoms with E-state index in [4.69, 9.17) is 4.74 Å².